The second kappa shape index (κ2) is 9.09. The predicted octanol–water partition coefficient (Wildman–Crippen LogP) is 2.85. The fourth-order valence-corrected chi connectivity index (χ4v) is 1.87. The number of rotatable bonds is 7. The summed E-state index contributed by atoms with van der Waals surface area (Å²) >= 11 is 3.30. The molecule has 0 unspecified atom stereocenters. The van der Waals surface area contributed by atoms with Crippen LogP contribution in [0, 0.1) is 0 Å². The monoisotopic (exact) mass is 372 g/mol. The van der Waals surface area contributed by atoms with Crippen LogP contribution in [0.3, 0.4) is 0 Å². The highest BCUT2D eigenvalue weighted by Gasteiger charge is 2.17. The van der Waals surface area contributed by atoms with Gasteiger partial charge in [0.05, 0.1) is 30.9 Å². The van der Waals surface area contributed by atoms with Gasteiger partial charge in [-0.1, -0.05) is 0 Å². The first-order chi connectivity index (χ1) is 10.5. The fraction of sp³-hybridized carbons (Fsp3) is 0.333. The fourth-order valence-electron chi connectivity index (χ4n) is 1.43. The Bertz CT molecular complexity index is 567. The Hall–Kier alpha value is -2.02. The first kappa shape index (κ1) is 18.0. The van der Waals surface area contributed by atoms with Gasteiger partial charge in [-0.2, -0.15) is 0 Å². The standard InChI is InChI=1S/C15H17BrO6/c1-4-20-14(17)9-13(15(18)21-5-2)22-12-7-6-10(19-3)8-11(12)16/h6-9H,4-5H2,1-3H3. The van der Waals surface area contributed by atoms with Gasteiger partial charge in [0.25, 0.3) is 0 Å². The summed E-state index contributed by atoms with van der Waals surface area (Å²) in [6, 6.07) is 4.93. The van der Waals surface area contributed by atoms with Crippen molar-refractivity contribution in [2.24, 2.45) is 0 Å². The number of methoxy groups -OCH3 is 1. The first-order valence-electron chi connectivity index (χ1n) is 6.58. The largest absolute Gasteiger partial charge is 0.497 e. The topological polar surface area (TPSA) is 71.1 Å². The van der Waals surface area contributed by atoms with Gasteiger partial charge < -0.3 is 18.9 Å². The van der Waals surface area contributed by atoms with E-state index in [0.717, 1.165) is 6.08 Å². The van der Waals surface area contributed by atoms with Crippen LogP contribution in [0.15, 0.2) is 34.5 Å². The minimum Gasteiger partial charge on any atom is -0.497 e. The van der Waals surface area contributed by atoms with E-state index in [4.69, 9.17) is 18.9 Å². The zero-order chi connectivity index (χ0) is 16.5. The van der Waals surface area contributed by atoms with Crippen molar-refractivity contribution < 1.29 is 28.5 Å². The van der Waals surface area contributed by atoms with E-state index in [-0.39, 0.29) is 19.0 Å². The Kier molecular flexibility index (Phi) is 7.45. The molecule has 0 saturated heterocycles. The number of halogens is 1. The molecule has 0 atom stereocenters. The first-order valence-corrected chi connectivity index (χ1v) is 7.38. The lowest BCUT2D eigenvalue weighted by Gasteiger charge is -2.11. The van der Waals surface area contributed by atoms with E-state index in [2.05, 4.69) is 15.9 Å². The Balaban J connectivity index is 3.02. The van der Waals surface area contributed by atoms with Gasteiger partial charge in [-0.15, -0.1) is 0 Å². The highest BCUT2D eigenvalue weighted by molar-refractivity contribution is 9.10. The summed E-state index contributed by atoms with van der Waals surface area (Å²) in [5.74, 6) is -0.740. The van der Waals surface area contributed by atoms with Crippen LogP contribution in [0.1, 0.15) is 13.8 Å². The van der Waals surface area contributed by atoms with Crippen molar-refractivity contribution in [2.45, 2.75) is 13.8 Å². The minimum atomic E-state index is -0.752. The number of carbonyl (C=O) groups is 2. The predicted molar refractivity (Wildman–Crippen MR) is 82.7 cm³/mol. The summed E-state index contributed by atoms with van der Waals surface area (Å²) in [7, 11) is 1.53. The smallest absolute Gasteiger partial charge is 0.374 e. The lowest BCUT2D eigenvalue weighted by Crippen LogP contribution is -2.15. The number of hydrogen-bond donors (Lipinski definition) is 0. The van der Waals surface area contributed by atoms with E-state index in [1.807, 2.05) is 0 Å². The van der Waals surface area contributed by atoms with Gasteiger partial charge in [-0.25, -0.2) is 9.59 Å². The second-order valence-electron chi connectivity index (χ2n) is 3.88. The summed E-state index contributed by atoms with van der Waals surface area (Å²) in [6.45, 7) is 3.67. The van der Waals surface area contributed by atoms with E-state index in [1.165, 1.54) is 7.11 Å². The third-order valence-electron chi connectivity index (χ3n) is 2.37. The van der Waals surface area contributed by atoms with Crippen LogP contribution in [0.5, 0.6) is 11.5 Å². The number of carbonyl (C=O) groups excluding carboxylic acids is 2. The number of ether oxygens (including phenoxy) is 4. The Morgan fingerprint density at radius 2 is 1.86 bits per heavy atom. The molecule has 0 fully saturated rings. The molecule has 0 aliphatic rings. The van der Waals surface area contributed by atoms with Gasteiger partial charge in [-0.05, 0) is 48.0 Å². The Labute approximate surface area is 137 Å². The molecule has 6 nitrogen and oxygen atoms in total. The SMILES string of the molecule is CCOC(=O)C=C(Oc1ccc(OC)cc1Br)C(=O)OCC. The number of hydrogen-bond acceptors (Lipinski definition) is 6. The van der Waals surface area contributed by atoms with Crippen molar-refractivity contribution in [3.8, 4) is 11.5 Å². The summed E-state index contributed by atoms with van der Waals surface area (Å²) in [6.07, 6.45) is 0.957. The van der Waals surface area contributed by atoms with E-state index in [1.54, 1.807) is 32.0 Å². The quantitative estimate of drug-likeness (QED) is 0.416. The molecule has 0 amide bonds. The molecule has 0 aliphatic carbocycles. The van der Waals surface area contributed by atoms with Crippen LogP contribution in [0.2, 0.25) is 0 Å². The molecule has 0 aromatic heterocycles. The van der Waals surface area contributed by atoms with Gasteiger partial charge in [0, 0.05) is 0 Å². The maximum atomic E-state index is 11.9. The van der Waals surface area contributed by atoms with Gasteiger partial charge >= 0.3 is 11.9 Å². The molecule has 7 heteroatoms. The molecule has 0 bridgehead atoms. The zero-order valence-corrected chi connectivity index (χ0v) is 14.1. The van der Waals surface area contributed by atoms with Crippen molar-refractivity contribution in [1.29, 1.82) is 0 Å². The van der Waals surface area contributed by atoms with Gasteiger partial charge in [0.1, 0.15) is 11.5 Å². The van der Waals surface area contributed by atoms with E-state index in [9.17, 15) is 9.59 Å². The van der Waals surface area contributed by atoms with Crippen LogP contribution < -0.4 is 9.47 Å². The molecular weight excluding hydrogens is 356 g/mol. The normalized spacial score (nSPS) is 10.8. The third-order valence-corrected chi connectivity index (χ3v) is 2.99. The van der Waals surface area contributed by atoms with Gasteiger partial charge in [-0.3, -0.25) is 0 Å². The summed E-state index contributed by atoms with van der Waals surface area (Å²) in [4.78, 5) is 23.4. The third kappa shape index (κ3) is 5.40. The maximum absolute atomic E-state index is 11.9. The van der Waals surface area contributed by atoms with Crippen molar-refractivity contribution >= 4 is 27.9 Å². The molecule has 120 valence electrons. The molecular formula is C15H17BrO6. The van der Waals surface area contributed by atoms with Crippen molar-refractivity contribution in [3.63, 3.8) is 0 Å². The Morgan fingerprint density at radius 1 is 1.18 bits per heavy atom. The summed E-state index contributed by atoms with van der Waals surface area (Å²) in [5, 5.41) is 0. The van der Waals surface area contributed by atoms with Crippen LogP contribution >= 0.6 is 15.9 Å². The highest BCUT2D eigenvalue weighted by Crippen LogP contribution is 2.30. The molecule has 0 N–H and O–H groups in total. The molecule has 0 spiro atoms. The summed E-state index contributed by atoms with van der Waals surface area (Å²) in [5.41, 5.74) is 0. The zero-order valence-electron chi connectivity index (χ0n) is 12.6. The Morgan fingerprint density at radius 3 is 2.41 bits per heavy atom. The molecule has 0 saturated carbocycles. The average Bonchev–Trinajstić information content (AvgIpc) is 2.48. The van der Waals surface area contributed by atoms with Crippen molar-refractivity contribution in [2.75, 3.05) is 20.3 Å². The van der Waals surface area contributed by atoms with Crippen molar-refractivity contribution in [1.82, 2.24) is 0 Å². The minimum absolute atomic E-state index is 0.159. The molecule has 22 heavy (non-hydrogen) atoms. The molecule has 0 heterocycles. The van der Waals surface area contributed by atoms with Crippen LogP contribution in [0.25, 0.3) is 0 Å². The van der Waals surface area contributed by atoms with Crippen LogP contribution in [-0.4, -0.2) is 32.3 Å². The molecule has 1 aromatic carbocycles. The maximum Gasteiger partial charge on any atom is 0.374 e. The average molecular weight is 373 g/mol. The number of benzene rings is 1. The van der Waals surface area contributed by atoms with Gasteiger partial charge in [0.15, 0.2) is 0 Å². The lowest BCUT2D eigenvalue weighted by molar-refractivity contribution is -0.143. The van der Waals surface area contributed by atoms with Crippen molar-refractivity contribution in [3.05, 3.63) is 34.5 Å². The molecule has 0 aliphatic heterocycles. The highest BCUT2D eigenvalue weighted by atomic mass is 79.9. The molecule has 0 radical (unpaired) electrons. The molecule has 1 aromatic rings. The van der Waals surface area contributed by atoms with Crippen LogP contribution in [0.4, 0.5) is 0 Å². The van der Waals surface area contributed by atoms with E-state index < -0.39 is 11.9 Å². The second-order valence-corrected chi connectivity index (χ2v) is 4.73. The van der Waals surface area contributed by atoms with E-state index >= 15 is 0 Å². The van der Waals surface area contributed by atoms with Crippen LogP contribution in [-0.2, 0) is 19.1 Å². The van der Waals surface area contributed by atoms with Gasteiger partial charge in [0.2, 0.25) is 5.76 Å². The van der Waals surface area contributed by atoms with E-state index in [0.29, 0.717) is 16.0 Å². The lowest BCUT2D eigenvalue weighted by atomic mass is 10.3. The number of esters is 2. The summed E-state index contributed by atoms with van der Waals surface area (Å²) < 4.78 is 20.7. The molecule has 1 rings (SSSR count).